The Morgan fingerprint density at radius 2 is 1.91 bits per heavy atom. The molecule has 2 heterocycles. The van der Waals surface area contributed by atoms with Gasteiger partial charge in [0.1, 0.15) is 0 Å². The number of benzene rings is 1. The van der Waals surface area contributed by atoms with Crippen molar-refractivity contribution in [3.05, 3.63) is 24.0 Å². The monoisotopic (exact) mass is 307 g/mol. The van der Waals surface area contributed by atoms with Gasteiger partial charge in [-0.3, -0.25) is 4.90 Å². The van der Waals surface area contributed by atoms with E-state index in [1.54, 1.807) is 6.07 Å². The van der Waals surface area contributed by atoms with Crippen LogP contribution in [0.5, 0.6) is 5.75 Å². The summed E-state index contributed by atoms with van der Waals surface area (Å²) < 4.78 is 18.6. The maximum Gasteiger partial charge on any atom is 0.165 e. The second-order valence-corrected chi connectivity index (χ2v) is 6.30. The van der Waals surface area contributed by atoms with E-state index in [2.05, 4.69) is 15.1 Å². The molecular weight excluding hydrogens is 281 g/mol. The standard InChI is InChI=1S/C17H26FN3O/c1-22-17-12-15(2-3-16(17)18)21-10-8-20(9-11-21)13-14-4-6-19-7-5-14/h2-3,12,14,19H,4-11,13H2,1H3. The van der Waals surface area contributed by atoms with Gasteiger partial charge in [-0.05, 0) is 44.0 Å². The molecule has 4 nitrogen and oxygen atoms in total. The minimum absolute atomic E-state index is 0.296. The number of methoxy groups -OCH3 is 1. The first kappa shape index (κ1) is 15.6. The van der Waals surface area contributed by atoms with E-state index in [0.29, 0.717) is 5.75 Å². The Bertz CT molecular complexity index is 483. The van der Waals surface area contributed by atoms with Gasteiger partial charge in [0.05, 0.1) is 7.11 Å². The molecule has 0 radical (unpaired) electrons. The number of piperidine rings is 1. The van der Waals surface area contributed by atoms with Gasteiger partial charge >= 0.3 is 0 Å². The topological polar surface area (TPSA) is 27.7 Å². The van der Waals surface area contributed by atoms with Crippen LogP contribution in [0.2, 0.25) is 0 Å². The molecule has 1 N–H and O–H groups in total. The Kier molecular flexibility index (Phi) is 5.16. The highest BCUT2D eigenvalue weighted by Crippen LogP contribution is 2.25. The summed E-state index contributed by atoms with van der Waals surface area (Å²) in [6, 6.07) is 5.15. The van der Waals surface area contributed by atoms with Crippen molar-refractivity contribution < 1.29 is 9.13 Å². The summed E-state index contributed by atoms with van der Waals surface area (Å²) in [4.78, 5) is 4.90. The number of nitrogens with one attached hydrogen (secondary N) is 1. The van der Waals surface area contributed by atoms with Crippen molar-refractivity contribution in [3.8, 4) is 5.75 Å². The minimum atomic E-state index is -0.296. The fraction of sp³-hybridized carbons (Fsp3) is 0.647. The normalized spacial score (nSPS) is 21.1. The second kappa shape index (κ2) is 7.29. The van der Waals surface area contributed by atoms with Crippen molar-refractivity contribution in [2.75, 3.05) is 57.8 Å². The Hall–Kier alpha value is -1.33. The third-order valence-corrected chi connectivity index (χ3v) is 4.85. The van der Waals surface area contributed by atoms with Crippen LogP contribution in [0.25, 0.3) is 0 Å². The van der Waals surface area contributed by atoms with Gasteiger partial charge in [0.15, 0.2) is 11.6 Å². The highest BCUT2D eigenvalue weighted by molar-refractivity contribution is 5.51. The van der Waals surface area contributed by atoms with Crippen LogP contribution in [0.3, 0.4) is 0 Å². The molecule has 0 aliphatic carbocycles. The molecule has 1 aromatic rings. The van der Waals surface area contributed by atoms with E-state index in [4.69, 9.17) is 4.74 Å². The number of nitrogens with zero attached hydrogens (tertiary/aromatic N) is 2. The van der Waals surface area contributed by atoms with Gasteiger partial charge in [0.25, 0.3) is 0 Å². The van der Waals surface area contributed by atoms with Gasteiger partial charge in [-0.25, -0.2) is 4.39 Å². The van der Waals surface area contributed by atoms with E-state index in [-0.39, 0.29) is 5.82 Å². The molecule has 2 aliphatic heterocycles. The largest absolute Gasteiger partial charge is 0.494 e. The first-order valence-electron chi connectivity index (χ1n) is 8.28. The van der Waals surface area contributed by atoms with Gasteiger partial charge in [0, 0.05) is 44.5 Å². The van der Waals surface area contributed by atoms with Crippen LogP contribution in [-0.2, 0) is 0 Å². The summed E-state index contributed by atoms with van der Waals surface area (Å²) in [5, 5.41) is 3.43. The van der Waals surface area contributed by atoms with E-state index in [0.717, 1.165) is 37.8 Å². The fourth-order valence-electron chi connectivity index (χ4n) is 3.46. The Morgan fingerprint density at radius 3 is 2.59 bits per heavy atom. The van der Waals surface area contributed by atoms with Crippen LogP contribution in [0.4, 0.5) is 10.1 Å². The predicted molar refractivity (Wildman–Crippen MR) is 87.2 cm³/mol. The highest BCUT2D eigenvalue weighted by atomic mass is 19.1. The molecule has 0 amide bonds. The van der Waals surface area contributed by atoms with Crippen LogP contribution >= 0.6 is 0 Å². The zero-order valence-electron chi connectivity index (χ0n) is 13.4. The zero-order valence-corrected chi connectivity index (χ0v) is 13.4. The van der Waals surface area contributed by atoms with Crippen molar-refractivity contribution >= 4 is 5.69 Å². The van der Waals surface area contributed by atoms with Crippen LogP contribution in [-0.4, -0.2) is 57.8 Å². The molecule has 0 unspecified atom stereocenters. The number of ether oxygens (including phenoxy) is 1. The molecular formula is C17H26FN3O. The quantitative estimate of drug-likeness (QED) is 0.920. The summed E-state index contributed by atoms with van der Waals surface area (Å²) in [7, 11) is 1.51. The number of hydrogen-bond donors (Lipinski definition) is 1. The van der Waals surface area contributed by atoms with E-state index in [1.165, 1.54) is 45.7 Å². The predicted octanol–water partition coefficient (Wildman–Crippen LogP) is 1.96. The van der Waals surface area contributed by atoms with E-state index in [1.807, 2.05) is 6.07 Å². The van der Waals surface area contributed by atoms with Gasteiger partial charge < -0.3 is 15.0 Å². The fourth-order valence-corrected chi connectivity index (χ4v) is 3.46. The van der Waals surface area contributed by atoms with Gasteiger partial charge in [-0.1, -0.05) is 0 Å². The molecule has 0 spiro atoms. The highest BCUT2D eigenvalue weighted by Gasteiger charge is 2.22. The van der Waals surface area contributed by atoms with E-state index in [9.17, 15) is 4.39 Å². The molecule has 2 fully saturated rings. The average Bonchev–Trinajstić information content (AvgIpc) is 2.57. The molecule has 2 aliphatic rings. The van der Waals surface area contributed by atoms with Crippen molar-refractivity contribution in [1.82, 2.24) is 10.2 Å². The first-order valence-corrected chi connectivity index (χ1v) is 8.28. The number of piperazine rings is 1. The van der Waals surface area contributed by atoms with Crippen molar-refractivity contribution in [2.45, 2.75) is 12.8 Å². The summed E-state index contributed by atoms with van der Waals surface area (Å²) in [5.74, 6) is 0.879. The van der Waals surface area contributed by atoms with Gasteiger partial charge in [-0.15, -0.1) is 0 Å². The summed E-state index contributed by atoms with van der Waals surface area (Å²) in [6.45, 7) is 7.73. The molecule has 22 heavy (non-hydrogen) atoms. The second-order valence-electron chi connectivity index (χ2n) is 6.30. The summed E-state index contributed by atoms with van der Waals surface area (Å²) in [5.41, 5.74) is 1.06. The van der Waals surface area contributed by atoms with Crippen molar-refractivity contribution in [1.29, 1.82) is 0 Å². The maximum atomic E-state index is 13.5. The molecule has 2 saturated heterocycles. The smallest absolute Gasteiger partial charge is 0.165 e. The number of hydrogen-bond acceptors (Lipinski definition) is 4. The third kappa shape index (κ3) is 3.70. The van der Waals surface area contributed by atoms with Crippen molar-refractivity contribution in [3.63, 3.8) is 0 Å². The molecule has 1 aromatic carbocycles. The zero-order chi connectivity index (χ0) is 15.4. The third-order valence-electron chi connectivity index (χ3n) is 4.85. The number of anilines is 1. The first-order chi connectivity index (χ1) is 10.8. The van der Waals surface area contributed by atoms with Crippen LogP contribution in [0.1, 0.15) is 12.8 Å². The lowest BCUT2D eigenvalue weighted by Crippen LogP contribution is -2.48. The van der Waals surface area contributed by atoms with E-state index < -0.39 is 0 Å². The number of rotatable bonds is 4. The van der Waals surface area contributed by atoms with Gasteiger partial charge in [0.2, 0.25) is 0 Å². The molecule has 0 saturated carbocycles. The molecule has 5 heteroatoms. The van der Waals surface area contributed by atoms with Crippen LogP contribution in [0, 0.1) is 11.7 Å². The molecule has 0 bridgehead atoms. The van der Waals surface area contributed by atoms with E-state index >= 15 is 0 Å². The molecule has 3 rings (SSSR count). The Morgan fingerprint density at radius 1 is 1.18 bits per heavy atom. The summed E-state index contributed by atoms with van der Waals surface area (Å²) >= 11 is 0. The Labute approximate surface area is 132 Å². The molecule has 122 valence electrons. The lowest BCUT2D eigenvalue weighted by Gasteiger charge is -2.38. The lowest BCUT2D eigenvalue weighted by atomic mass is 9.97. The van der Waals surface area contributed by atoms with Crippen LogP contribution < -0.4 is 15.0 Å². The lowest BCUT2D eigenvalue weighted by molar-refractivity contribution is 0.196. The SMILES string of the molecule is COc1cc(N2CCN(CC3CCNCC3)CC2)ccc1F. The average molecular weight is 307 g/mol. The maximum absolute atomic E-state index is 13.5. The van der Waals surface area contributed by atoms with Gasteiger partial charge in [-0.2, -0.15) is 0 Å². The molecule has 0 aromatic heterocycles. The Balaban J connectivity index is 1.52. The minimum Gasteiger partial charge on any atom is -0.494 e. The van der Waals surface area contributed by atoms with Crippen LogP contribution in [0.15, 0.2) is 18.2 Å². The van der Waals surface area contributed by atoms with Crippen molar-refractivity contribution in [2.24, 2.45) is 5.92 Å². The summed E-state index contributed by atoms with van der Waals surface area (Å²) in [6.07, 6.45) is 2.60. The number of halogens is 1. The molecule has 0 atom stereocenters.